The highest BCUT2D eigenvalue weighted by Gasteiger charge is 2.42. The molecule has 1 fully saturated rings. The molecule has 2 heterocycles. The van der Waals surface area contributed by atoms with Crippen LogP contribution in [0.1, 0.15) is 34.4 Å². The molecule has 3 aromatic carbocycles. The molecule has 3 N–H and O–H groups in total. The van der Waals surface area contributed by atoms with Crippen molar-refractivity contribution >= 4 is 17.3 Å². The van der Waals surface area contributed by atoms with Gasteiger partial charge in [-0.3, -0.25) is 4.90 Å². The maximum Gasteiger partial charge on any atom is 0.347 e. The standard InChI is InChI=1S/C32H34N2O3S/c33-21-29-15-16-30(38-29)26-11-13-28(14-12-26)32(36,27-9-5-2-6-10-27)31(35)37-23-25-17-19-34(20-18-25)22-24-7-3-1-4-8-24/h1-16,25,36H,17-23,33H2/t32-/m1/s1. The number of piperidine rings is 1. The lowest BCUT2D eigenvalue weighted by Gasteiger charge is -2.33. The molecular formula is C32H34N2O3S. The van der Waals surface area contributed by atoms with Gasteiger partial charge in [0.05, 0.1) is 6.61 Å². The van der Waals surface area contributed by atoms with Crippen molar-refractivity contribution in [3.05, 3.63) is 119 Å². The van der Waals surface area contributed by atoms with E-state index < -0.39 is 11.6 Å². The van der Waals surface area contributed by atoms with Crippen molar-refractivity contribution in [3.63, 3.8) is 0 Å². The largest absolute Gasteiger partial charge is 0.463 e. The maximum atomic E-state index is 13.5. The van der Waals surface area contributed by atoms with Crippen molar-refractivity contribution in [2.24, 2.45) is 11.7 Å². The van der Waals surface area contributed by atoms with E-state index in [1.807, 2.05) is 60.7 Å². The molecule has 0 aliphatic carbocycles. The SMILES string of the molecule is NCc1ccc(-c2ccc([C@@](O)(C(=O)OCC3CCN(Cc4ccccc4)CC3)c3ccccc3)cc2)s1. The number of nitrogens with two attached hydrogens (primary N) is 1. The van der Waals surface area contributed by atoms with E-state index in [2.05, 4.69) is 29.2 Å². The molecular weight excluding hydrogens is 492 g/mol. The highest BCUT2D eigenvalue weighted by atomic mass is 32.1. The Morgan fingerprint density at radius 1 is 0.895 bits per heavy atom. The third kappa shape index (κ3) is 5.89. The van der Waals surface area contributed by atoms with E-state index in [4.69, 9.17) is 10.5 Å². The number of nitrogens with zero attached hydrogens (tertiary/aromatic N) is 1. The molecule has 0 saturated carbocycles. The van der Waals surface area contributed by atoms with E-state index in [9.17, 15) is 9.90 Å². The number of carbonyl (C=O) groups is 1. The Balaban J connectivity index is 1.26. The summed E-state index contributed by atoms with van der Waals surface area (Å²) in [6, 6.07) is 31.1. The summed E-state index contributed by atoms with van der Waals surface area (Å²) in [6.45, 7) is 3.69. The van der Waals surface area contributed by atoms with E-state index in [1.54, 1.807) is 23.5 Å². The number of carbonyl (C=O) groups excluding carboxylic acids is 1. The van der Waals surface area contributed by atoms with Crippen LogP contribution >= 0.6 is 11.3 Å². The van der Waals surface area contributed by atoms with Crippen LogP contribution in [-0.2, 0) is 28.2 Å². The zero-order valence-electron chi connectivity index (χ0n) is 21.5. The van der Waals surface area contributed by atoms with Gasteiger partial charge in [0.25, 0.3) is 0 Å². The average molecular weight is 527 g/mol. The van der Waals surface area contributed by atoms with E-state index in [-0.39, 0.29) is 5.92 Å². The normalized spacial score (nSPS) is 16.2. The highest BCUT2D eigenvalue weighted by molar-refractivity contribution is 7.15. The third-order valence-corrected chi connectivity index (χ3v) is 8.50. The third-order valence-electron chi connectivity index (χ3n) is 7.34. The van der Waals surface area contributed by atoms with Crippen LogP contribution in [0.2, 0.25) is 0 Å². The van der Waals surface area contributed by atoms with E-state index in [0.717, 1.165) is 47.8 Å². The zero-order chi connectivity index (χ0) is 26.4. The summed E-state index contributed by atoms with van der Waals surface area (Å²) in [7, 11) is 0. The fourth-order valence-corrected chi connectivity index (χ4v) is 5.94. The van der Waals surface area contributed by atoms with Crippen molar-refractivity contribution < 1.29 is 14.6 Å². The van der Waals surface area contributed by atoms with E-state index >= 15 is 0 Å². The van der Waals surface area contributed by atoms with Gasteiger partial charge in [0, 0.05) is 22.8 Å². The molecule has 196 valence electrons. The number of likely N-dealkylation sites (tertiary alicyclic amines) is 1. The van der Waals surface area contributed by atoms with Gasteiger partial charge in [-0.15, -0.1) is 11.3 Å². The molecule has 0 radical (unpaired) electrons. The summed E-state index contributed by atoms with van der Waals surface area (Å²) in [5.41, 5.74) is 7.20. The summed E-state index contributed by atoms with van der Waals surface area (Å²) >= 11 is 1.64. The summed E-state index contributed by atoms with van der Waals surface area (Å²) in [4.78, 5) is 18.2. The summed E-state index contributed by atoms with van der Waals surface area (Å²) in [5.74, 6) is -0.353. The van der Waals surface area contributed by atoms with Crippen molar-refractivity contribution in [1.82, 2.24) is 4.90 Å². The quantitative estimate of drug-likeness (QED) is 0.279. The van der Waals surface area contributed by atoms with Crippen molar-refractivity contribution in [2.75, 3.05) is 19.7 Å². The van der Waals surface area contributed by atoms with Gasteiger partial charge >= 0.3 is 5.97 Å². The zero-order valence-corrected chi connectivity index (χ0v) is 22.3. The second-order valence-corrected chi connectivity index (χ2v) is 11.1. The minimum absolute atomic E-state index is 0.281. The van der Waals surface area contributed by atoms with Crippen LogP contribution < -0.4 is 5.73 Å². The number of thiophene rings is 1. The summed E-state index contributed by atoms with van der Waals surface area (Å²) < 4.78 is 5.82. The van der Waals surface area contributed by atoms with Crippen LogP contribution in [0.15, 0.2) is 97.1 Å². The van der Waals surface area contributed by atoms with E-state index in [0.29, 0.717) is 24.3 Å². The van der Waals surface area contributed by atoms with Crippen LogP contribution in [0.3, 0.4) is 0 Å². The first-order chi connectivity index (χ1) is 18.6. The number of esters is 1. The van der Waals surface area contributed by atoms with Crippen LogP contribution in [0.25, 0.3) is 10.4 Å². The summed E-state index contributed by atoms with van der Waals surface area (Å²) in [5, 5.41) is 11.9. The minimum atomic E-state index is -1.88. The Kier molecular flexibility index (Phi) is 8.35. The molecule has 0 amide bonds. The van der Waals surface area contributed by atoms with Crippen LogP contribution in [-0.4, -0.2) is 35.7 Å². The van der Waals surface area contributed by atoms with Crippen LogP contribution in [0, 0.1) is 5.92 Å². The van der Waals surface area contributed by atoms with Gasteiger partial charge in [-0.1, -0.05) is 84.9 Å². The van der Waals surface area contributed by atoms with Crippen LogP contribution in [0.5, 0.6) is 0 Å². The maximum absolute atomic E-state index is 13.5. The lowest BCUT2D eigenvalue weighted by atomic mass is 9.85. The lowest BCUT2D eigenvalue weighted by Crippen LogP contribution is -2.40. The Morgan fingerprint density at radius 3 is 2.16 bits per heavy atom. The number of ether oxygens (including phenoxy) is 1. The highest BCUT2D eigenvalue weighted by Crippen LogP contribution is 2.35. The first-order valence-electron chi connectivity index (χ1n) is 13.2. The molecule has 0 spiro atoms. The van der Waals surface area contributed by atoms with E-state index in [1.165, 1.54) is 5.56 Å². The second-order valence-electron chi connectivity index (χ2n) is 9.93. The van der Waals surface area contributed by atoms with Crippen LogP contribution in [0.4, 0.5) is 0 Å². The Morgan fingerprint density at radius 2 is 1.53 bits per heavy atom. The number of rotatable bonds is 9. The lowest BCUT2D eigenvalue weighted by molar-refractivity contribution is -0.164. The molecule has 0 unspecified atom stereocenters. The van der Waals surface area contributed by atoms with Gasteiger partial charge in [0.1, 0.15) is 0 Å². The van der Waals surface area contributed by atoms with Gasteiger partial charge in [0.2, 0.25) is 5.60 Å². The molecule has 38 heavy (non-hydrogen) atoms. The van der Waals surface area contributed by atoms with Crippen molar-refractivity contribution in [3.8, 4) is 10.4 Å². The molecule has 5 nitrogen and oxygen atoms in total. The molecule has 0 bridgehead atoms. The van der Waals surface area contributed by atoms with Crippen molar-refractivity contribution in [1.29, 1.82) is 0 Å². The number of hydrogen-bond donors (Lipinski definition) is 2. The smallest absolute Gasteiger partial charge is 0.347 e. The number of aliphatic hydroxyl groups is 1. The molecule has 1 atom stereocenters. The van der Waals surface area contributed by atoms with Gasteiger partial charge in [0.15, 0.2) is 0 Å². The number of hydrogen-bond acceptors (Lipinski definition) is 6. The molecule has 1 aromatic heterocycles. The second kappa shape index (κ2) is 12.0. The number of benzene rings is 3. The van der Waals surface area contributed by atoms with Gasteiger partial charge in [-0.2, -0.15) is 0 Å². The Hall–Kier alpha value is -3.29. The fourth-order valence-electron chi connectivity index (χ4n) is 5.05. The first-order valence-corrected chi connectivity index (χ1v) is 14.0. The van der Waals surface area contributed by atoms with Crippen molar-refractivity contribution in [2.45, 2.75) is 31.5 Å². The molecule has 1 saturated heterocycles. The van der Waals surface area contributed by atoms with Gasteiger partial charge < -0.3 is 15.6 Å². The summed E-state index contributed by atoms with van der Waals surface area (Å²) in [6.07, 6.45) is 1.92. The minimum Gasteiger partial charge on any atom is -0.463 e. The molecule has 6 heteroatoms. The monoisotopic (exact) mass is 526 g/mol. The van der Waals surface area contributed by atoms with Gasteiger partial charge in [-0.05, 0) is 66.2 Å². The molecule has 5 rings (SSSR count). The topological polar surface area (TPSA) is 75.8 Å². The predicted molar refractivity (Wildman–Crippen MR) is 152 cm³/mol. The first kappa shape index (κ1) is 26.3. The molecule has 4 aromatic rings. The molecule has 1 aliphatic rings. The Bertz CT molecular complexity index is 1320. The average Bonchev–Trinajstić information content (AvgIpc) is 3.47. The fraction of sp³-hybridized carbons (Fsp3) is 0.281. The van der Waals surface area contributed by atoms with Gasteiger partial charge in [-0.25, -0.2) is 4.79 Å². The molecule has 1 aliphatic heterocycles. The predicted octanol–water partition coefficient (Wildman–Crippen LogP) is 5.57. The Labute approximate surface area is 228 Å².